The number of aryl methyl sites for hydroxylation is 2. The van der Waals surface area contributed by atoms with Crippen LogP contribution < -0.4 is 4.74 Å². The molecule has 0 unspecified atom stereocenters. The molecule has 29 heavy (non-hydrogen) atoms. The average Bonchev–Trinajstić information content (AvgIpc) is 2.64. The smallest absolute Gasteiger partial charge is 0.387 e. The van der Waals surface area contributed by atoms with Crippen LogP contribution in [-0.4, -0.2) is 6.61 Å². The van der Waals surface area contributed by atoms with Crippen LogP contribution in [0.3, 0.4) is 0 Å². The van der Waals surface area contributed by atoms with E-state index in [9.17, 15) is 26.3 Å². The first-order valence-corrected chi connectivity index (χ1v) is 9.12. The zero-order chi connectivity index (χ0) is 21.1. The molecule has 0 radical (unpaired) electrons. The van der Waals surface area contributed by atoms with Crippen molar-refractivity contribution in [3.8, 4) is 5.75 Å². The van der Waals surface area contributed by atoms with Gasteiger partial charge in [0.2, 0.25) is 0 Å². The van der Waals surface area contributed by atoms with Crippen molar-refractivity contribution in [1.29, 1.82) is 0 Å². The molecule has 3 rings (SSSR count). The van der Waals surface area contributed by atoms with Crippen LogP contribution in [0.1, 0.15) is 30.0 Å². The van der Waals surface area contributed by atoms with Gasteiger partial charge in [-0.2, -0.15) is 8.78 Å². The number of ether oxygens (including phenoxy) is 1. The molecule has 0 saturated heterocycles. The van der Waals surface area contributed by atoms with Gasteiger partial charge in [-0.15, -0.1) is 0 Å². The van der Waals surface area contributed by atoms with Crippen molar-refractivity contribution >= 4 is 10.8 Å². The zero-order valence-corrected chi connectivity index (χ0v) is 15.5. The van der Waals surface area contributed by atoms with E-state index in [1.807, 2.05) is 6.92 Å². The Hall–Kier alpha value is -2.70. The number of fused-ring (bicyclic) bond motifs is 1. The maximum absolute atomic E-state index is 14.3. The highest BCUT2D eigenvalue weighted by atomic mass is 19.3. The van der Waals surface area contributed by atoms with Gasteiger partial charge in [0.25, 0.3) is 0 Å². The van der Waals surface area contributed by atoms with E-state index in [0.29, 0.717) is 17.5 Å². The van der Waals surface area contributed by atoms with Crippen LogP contribution in [-0.2, 0) is 19.3 Å². The minimum Gasteiger partial charge on any atom is -0.429 e. The molecule has 0 aliphatic heterocycles. The Morgan fingerprint density at radius 1 is 0.793 bits per heavy atom. The minimum absolute atomic E-state index is 0.0528. The molecular formula is C22H18F6O. The molecule has 0 aliphatic rings. The second kappa shape index (κ2) is 8.76. The second-order valence-corrected chi connectivity index (χ2v) is 6.72. The first-order valence-electron chi connectivity index (χ1n) is 9.12. The molecule has 154 valence electrons. The van der Waals surface area contributed by atoms with E-state index >= 15 is 0 Å². The van der Waals surface area contributed by atoms with E-state index in [2.05, 4.69) is 4.74 Å². The first-order chi connectivity index (χ1) is 13.8. The van der Waals surface area contributed by atoms with E-state index in [-0.39, 0.29) is 29.2 Å². The normalized spacial score (nSPS) is 11.4. The van der Waals surface area contributed by atoms with E-state index in [1.54, 1.807) is 0 Å². The summed E-state index contributed by atoms with van der Waals surface area (Å²) >= 11 is 0. The van der Waals surface area contributed by atoms with Gasteiger partial charge in [-0.05, 0) is 54.0 Å². The van der Waals surface area contributed by atoms with Crippen molar-refractivity contribution in [2.75, 3.05) is 0 Å². The largest absolute Gasteiger partial charge is 0.429 e. The molecule has 0 bridgehead atoms. The fourth-order valence-electron chi connectivity index (χ4n) is 3.31. The summed E-state index contributed by atoms with van der Waals surface area (Å²) in [4.78, 5) is 0. The molecular weight excluding hydrogens is 394 g/mol. The fourth-order valence-corrected chi connectivity index (χ4v) is 3.31. The summed E-state index contributed by atoms with van der Waals surface area (Å²) in [6.45, 7) is -1.44. The lowest BCUT2D eigenvalue weighted by atomic mass is 9.98. The Kier molecular flexibility index (Phi) is 6.35. The monoisotopic (exact) mass is 412 g/mol. The molecule has 3 aromatic carbocycles. The Morgan fingerprint density at radius 3 is 2.10 bits per heavy atom. The van der Waals surface area contributed by atoms with Crippen molar-refractivity contribution in [3.05, 3.63) is 76.4 Å². The second-order valence-electron chi connectivity index (χ2n) is 6.72. The highest BCUT2D eigenvalue weighted by molar-refractivity contribution is 5.85. The van der Waals surface area contributed by atoms with Crippen LogP contribution in [0.15, 0.2) is 36.4 Å². The van der Waals surface area contributed by atoms with Crippen LogP contribution >= 0.6 is 0 Å². The first kappa shape index (κ1) is 21.0. The third kappa shape index (κ3) is 4.66. The Morgan fingerprint density at radius 2 is 1.48 bits per heavy atom. The lowest BCUT2D eigenvalue weighted by Crippen LogP contribution is -2.06. The molecule has 1 nitrogen and oxygen atoms in total. The van der Waals surface area contributed by atoms with Gasteiger partial charge in [-0.3, -0.25) is 0 Å². The highest BCUT2D eigenvalue weighted by Crippen LogP contribution is 2.31. The van der Waals surface area contributed by atoms with Crippen molar-refractivity contribution < 1.29 is 31.1 Å². The van der Waals surface area contributed by atoms with E-state index in [0.717, 1.165) is 12.5 Å². The lowest BCUT2D eigenvalue weighted by molar-refractivity contribution is -0.0544. The quantitative estimate of drug-likeness (QED) is 0.391. The van der Waals surface area contributed by atoms with Crippen molar-refractivity contribution in [2.24, 2.45) is 0 Å². The van der Waals surface area contributed by atoms with Crippen LogP contribution in [0.25, 0.3) is 10.8 Å². The lowest BCUT2D eigenvalue weighted by Gasteiger charge is -2.11. The van der Waals surface area contributed by atoms with Crippen molar-refractivity contribution in [2.45, 2.75) is 39.2 Å². The minimum atomic E-state index is -3.36. The van der Waals surface area contributed by atoms with Gasteiger partial charge in [-0.1, -0.05) is 31.5 Å². The summed E-state index contributed by atoms with van der Waals surface area (Å²) in [7, 11) is 0. The van der Waals surface area contributed by atoms with E-state index in [1.165, 1.54) is 30.3 Å². The molecule has 0 heterocycles. The number of halogens is 6. The third-order valence-electron chi connectivity index (χ3n) is 4.66. The molecule has 0 N–H and O–H groups in total. The maximum atomic E-state index is 14.3. The van der Waals surface area contributed by atoms with Crippen molar-refractivity contribution in [3.63, 3.8) is 0 Å². The predicted octanol–water partition coefficient (Wildman–Crippen LogP) is 6.74. The summed E-state index contributed by atoms with van der Waals surface area (Å²) < 4.78 is 85.2. The van der Waals surface area contributed by atoms with Crippen LogP contribution in [0, 0.1) is 23.3 Å². The molecule has 0 spiro atoms. The number of hydrogen-bond acceptors (Lipinski definition) is 1. The van der Waals surface area contributed by atoms with E-state index < -0.39 is 35.6 Å². The molecule has 0 amide bonds. The number of benzene rings is 3. The number of alkyl halides is 2. The van der Waals surface area contributed by atoms with E-state index in [4.69, 9.17) is 0 Å². The van der Waals surface area contributed by atoms with Crippen LogP contribution in [0.5, 0.6) is 5.75 Å². The van der Waals surface area contributed by atoms with Gasteiger partial charge < -0.3 is 4.74 Å². The summed E-state index contributed by atoms with van der Waals surface area (Å²) in [6.07, 6.45) is 1.64. The summed E-state index contributed by atoms with van der Waals surface area (Å²) in [5, 5.41) is 0.0467. The summed E-state index contributed by atoms with van der Waals surface area (Å²) in [5.74, 6) is -4.87. The van der Waals surface area contributed by atoms with Gasteiger partial charge >= 0.3 is 6.61 Å². The van der Waals surface area contributed by atoms with Crippen LogP contribution in [0.4, 0.5) is 26.3 Å². The average molecular weight is 412 g/mol. The topological polar surface area (TPSA) is 9.23 Å². The van der Waals surface area contributed by atoms with Crippen molar-refractivity contribution in [1.82, 2.24) is 0 Å². The Bertz CT molecular complexity index is 1010. The Balaban J connectivity index is 1.85. The fraction of sp³-hybridized carbons (Fsp3) is 0.273. The van der Waals surface area contributed by atoms with Gasteiger partial charge in [0.15, 0.2) is 17.4 Å². The SMILES string of the molecule is CCCc1cc(F)c(CCc2ccc3c(F)c(OC(F)F)c(F)cc3c2)c(F)c1. The summed E-state index contributed by atoms with van der Waals surface area (Å²) in [6, 6.07) is 7.77. The molecule has 3 aromatic rings. The van der Waals surface area contributed by atoms with Gasteiger partial charge in [0, 0.05) is 10.9 Å². The zero-order valence-electron chi connectivity index (χ0n) is 15.5. The standard InChI is InChI=1S/C22H18F6O/c1-2-3-13-9-17(23)16(18(24)10-13)7-5-12-4-6-15-14(8-12)11-19(25)21(20(15)26)29-22(27)28/h4,6,8-11,22H,2-3,5,7H2,1H3. The molecule has 0 saturated carbocycles. The summed E-state index contributed by atoms with van der Waals surface area (Å²) in [5.41, 5.74) is 1.13. The van der Waals surface area contributed by atoms with Gasteiger partial charge in [0.1, 0.15) is 11.6 Å². The van der Waals surface area contributed by atoms with Crippen LogP contribution in [0.2, 0.25) is 0 Å². The Labute approximate surface area is 163 Å². The number of hydrogen-bond donors (Lipinski definition) is 0. The molecule has 0 aliphatic carbocycles. The highest BCUT2D eigenvalue weighted by Gasteiger charge is 2.19. The molecule has 0 fully saturated rings. The maximum Gasteiger partial charge on any atom is 0.387 e. The molecule has 7 heteroatoms. The van der Waals surface area contributed by atoms with Gasteiger partial charge in [-0.25, -0.2) is 17.6 Å². The van der Waals surface area contributed by atoms with Gasteiger partial charge in [0.05, 0.1) is 0 Å². The third-order valence-corrected chi connectivity index (χ3v) is 4.66. The molecule has 0 aromatic heterocycles. The number of rotatable bonds is 7. The molecule has 0 atom stereocenters. The predicted molar refractivity (Wildman–Crippen MR) is 98.3 cm³/mol.